The van der Waals surface area contributed by atoms with E-state index >= 15 is 0 Å². The van der Waals surface area contributed by atoms with Gasteiger partial charge in [0.15, 0.2) is 0 Å². The fraction of sp³-hybridized carbons (Fsp3) is 1.00. The van der Waals surface area contributed by atoms with E-state index in [4.69, 9.17) is 0 Å². The average Bonchev–Trinajstić information content (AvgIpc) is 3.00. The van der Waals surface area contributed by atoms with Crippen molar-refractivity contribution in [3.05, 3.63) is 0 Å². The van der Waals surface area contributed by atoms with Gasteiger partial charge >= 0.3 is 0 Å². The zero-order valence-electron chi connectivity index (χ0n) is 13.0. The van der Waals surface area contributed by atoms with Gasteiger partial charge in [-0.3, -0.25) is 0 Å². The molecule has 0 saturated heterocycles. The predicted octanol–water partition coefficient (Wildman–Crippen LogP) is 3.34. The molecule has 3 saturated carbocycles. The van der Waals surface area contributed by atoms with E-state index in [2.05, 4.69) is 26.1 Å². The summed E-state index contributed by atoms with van der Waals surface area (Å²) in [4.78, 5) is 0. The molecule has 2 heteroatoms. The number of fused-ring (bicyclic) bond motifs is 2. The maximum atomic E-state index is 9.78. The minimum absolute atomic E-state index is 0.189. The molecule has 0 radical (unpaired) electrons. The zero-order chi connectivity index (χ0) is 13.7. The summed E-state index contributed by atoms with van der Waals surface area (Å²) in [7, 11) is 0. The highest BCUT2D eigenvalue weighted by atomic mass is 16.3. The average molecular weight is 265 g/mol. The fourth-order valence-electron chi connectivity index (χ4n) is 5.65. The van der Waals surface area contributed by atoms with Crippen LogP contribution in [0.4, 0.5) is 0 Å². The van der Waals surface area contributed by atoms with E-state index in [0.29, 0.717) is 23.5 Å². The minimum Gasteiger partial charge on any atom is -0.396 e. The molecule has 3 atom stereocenters. The highest BCUT2D eigenvalue weighted by Crippen LogP contribution is 2.62. The van der Waals surface area contributed by atoms with E-state index in [1.165, 1.54) is 44.9 Å². The molecule has 3 rings (SSSR count). The van der Waals surface area contributed by atoms with Crippen molar-refractivity contribution >= 4 is 0 Å². The van der Waals surface area contributed by atoms with E-state index in [0.717, 1.165) is 12.5 Å². The maximum Gasteiger partial charge on any atom is 0.0499 e. The summed E-state index contributed by atoms with van der Waals surface area (Å²) in [6.07, 6.45) is 9.25. The molecule has 3 aliphatic carbocycles. The van der Waals surface area contributed by atoms with E-state index < -0.39 is 0 Å². The summed E-state index contributed by atoms with van der Waals surface area (Å²) in [5, 5.41) is 13.7. The zero-order valence-corrected chi connectivity index (χ0v) is 13.0. The molecule has 0 aromatic heterocycles. The van der Waals surface area contributed by atoms with Crippen LogP contribution in [0.2, 0.25) is 0 Å². The van der Waals surface area contributed by atoms with Crippen LogP contribution in [0.25, 0.3) is 0 Å². The lowest BCUT2D eigenvalue weighted by Gasteiger charge is -2.45. The van der Waals surface area contributed by atoms with Crippen molar-refractivity contribution in [2.24, 2.45) is 22.2 Å². The molecule has 3 aliphatic rings. The van der Waals surface area contributed by atoms with Crippen molar-refractivity contribution in [1.29, 1.82) is 0 Å². The summed E-state index contributed by atoms with van der Waals surface area (Å²) < 4.78 is 0. The summed E-state index contributed by atoms with van der Waals surface area (Å²) in [5.74, 6) is 0.906. The third-order valence-corrected chi connectivity index (χ3v) is 6.95. The maximum absolute atomic E-state index is 9.78. The molecule has 3 fully saturated rings. The second kappa shape index (κ2) is 4.46. The van der Waals surface area contributed by atoms with Crippen LogP contribution in [0.15, 0.2) is 0 Å². The van der Waals surface area contributed by atoms with E-state index in [9.17, 15) is 5.11 Å². The first-order valence-corrected chi connectivity index (χ1v) is 8.26. The Labute approximate surface area is 118 Å². The minimum atomic E-state index is 0.189. The Morgan fingerprint density at radius 2 is 1.79 bits per heavy atom. The van der Waals surface area contributed by atoms with Crippen molar-refractivity contribution in [2.45, 2.75) is 71.8 Å². The van der Waals surface area contributed by atoms with Crippen LogP contribution in [0.1, 0.15) is 65.7 Å². The fourth-order valence-corrected chi connectivity index (χ4v) is 5.65. The van der Waals surface area contributed by atoms with Crippen LogP contribution in [0.3, 0.4) is 0 Å². The highest BCUT2D eigenvalue weighted by Gasteiger charge is 2.59. The number of rotatable bonds is 4. The molecule has 0 amide bonds. The first-order chi connectivity index (χ1) is 8.92. The largest absolute Gasteiger partial charge is 0.396 e. The van der Waals surface area contributed by atoms with Gasteiger partial charge in [-0.25, -0.2) is 0 Å². The standard InChI is InChI=1S/C17H31NO/c1-15(2)13-6-9-16(3,10-13)14(15)18-11-17(12-19)7-4-5-8-17/h13-14,18-19H,4-12H2,1-3H3. The third kappa shape index (κ3) is 2.06. The lowest BCUT2D eigenvalue weighted by molar-refractivity contribution is 0.0739. The predicted molar refractivity (Wildman–Crippen MR) is 79.0 cm³/mol. The summed E-state index contributed by atoms with van der Waals surface area (Å²) in [6.45, 7) is 8.80. The summed E-state index contributed by atoms with van der Waals surface area (Å²) in [6, 6.07) is 0.641. The summed E-state index contributed by atoms with van der Waals surface area (Å²) in [5.41, 5.74) is 1.12. The molecule has 19 heavy (non-hydrogen) atoms. The number of aliphatic hydroxyl groups is 1. The SMILES string of the molecule is CC12CCC(C1)C(C)(C)C2NCC1(CO)CCCC1. The Hall–Kier alpha value is -0.0800. The number of hydrogen-bond acceptors (Lipinski definition) is 2. The molecule has 110 valence electrons. The molecule has 2 N–H and O–H groups in total. The first-order valence-electron chi connectivity index (χ1n) is 8.26. The molecule has 2 bridgehead atoms. The molecule has 0 heterocycles. The Bertz CT molecular complexity index is 340. The lowest BCUT2D eigenvalue weighted by Crippen LogP contribution is -2.53. The van der Waals surface area contributed by atoms with Gasteiger partial charge in [-0.05, 0) is 48.9 Å². The van der Waals surface area contributed by atoms with E-state index in [1.54, 1.807) is 0 Å². The molecule has 3 unspecified atom stereocenters. The first kappa shape index (κ1) is 13.9. The topological polar surface area (TPSA) is 32.3 Å². The summed E-state index contributed by atoms with van der Waals surface area (Å²) >= 11 is 0. The monoisotopic (exact) mass is 265 g/mol. The van der Waals surface area contributed by atoms with Crippen LogP contribution in [0, 0.1) is 22.2 Å². The number of hydrogen-bond donors (Lipinski definition) is 2. The lowest BCUT2D eigenvalue weighted by atomic mass is 9.68. The van der Waals surface area contributed by atoms with Gasteiger partial charge in [0.05, 0.1) is 0 Å². The Morgan fingerprint density at radius 1 is 1.11 bits per heavy atom. The molecular weight excluding hydrogens is 234 g/mol. The van der Waals surface area contributed by atoms with Gasteiger partial charge < -0.3 is 10.4 Å². The van der Waals surface area contributed by atoms with Gasteiger partial charge in [-0.15, -0.1) is 0 Å². The van der Waals surface area contributed by atoms with Crippen molar-refractivity contribution < 1.29 is 5.11 Å². The van der Waals surface area contributed by atoms with Crippen molar-refractivity contribution in [1.82, 2.24) is 5.32 Å². The Balaban J connectivity index is 1.69. The van der Waals surface area contributed by atoms with Gasteiger partial charge in [0, 0.05) is 24.6 Å². The van der Waals surface area contributed by atoms with Gasteiger partial charge in [-0.2, -0.15) is 0 Å². The van der Waals surface area contributed by atoms with Crippen LogP contribution in [-0.2, 0) is 0 Å². The van der Waals surface area contributed by atoms with Gasteiger partial charge in [0.25, 0.3) is 0 Å². The van der Waals surface area contributed by atoms with Crippen molar-refractivity contribution in [3.63, 3.8) is 0 Å². The van der Waals surface area contributed by atoms with Crippen molar-refractivity contribution in [3.8, 4) is 0 Å². The second-order valence-corrected chi connectivity index (χ2v) is 8.59. The van der Waals surface area contributed by atoms with Gasteiger partial charge in [-0.1, -0.05) is 33.6 Å². The highest BCUT2D eigenvalue weighted by molar-refractivity contribution is 5.12. The van der Waals surface area contributed by atoms with E-state index in [-0.39, 0.29) is 5.41 Å². The second-order valence-electron chi connectivity index (χ2n) is 8.59. The van der Waals surface area contributed by atoms with Gasteiger partial charge in [0.2, 0.25) is 0 Å². The van der Waals surface area contributed by atoms with Crippen LogP contribution in [0.5, 0.6) is 0 Å². The quantitative estimate of drug-likeness (QED) is 0.817. The number of aliphatic hydroxyl groups excluding tert-OH is 1. The smallest absolute Gasteiger partial charge is 0.0499 e. The molecule has 0 spiro atoms. The Morgan fingerprint density at radius 3 is 2.32 bits per heavy atom. The Kier molecular flexibility index (Phi) is 3.26. The molecule has 0 aromatic rings. The van der Waals surface area contributed by atoms with Crippen LogP contribution >= 0.6 is 0 Å². The molecule has 0 aromatic carbocycles. The van der Waals surface area contributed by atoms with Crippen LogP contribution < -0.4 is 5.32 Å². The van der Waals surface area contributed by atoms with Gasteiger partial charge in [0.1, 0.15) is 0 Å². The molecule has 0 aliphatic heterocycles. The number of nitrogens with one attached hydrogen (secondary N) is 1. The van der Waals surface area contributed by atoms with E-state index in [1.807, 2.05) is 0 Å². The third-order valence-electron chi connectivity index (χ3n) is 6.95. The molecular formula is C17H31NO. The van der Waals surface area contributed by atoms with Crippen LogP contribution in [-0.4, -0.2) is 24.3 Å². The normalized spacial score (nSPS) is 42.9. The van der Waals surface area contributed by atoms with Crippen molar-refractivity contribution in [2.75, 3.05) is 13.2 Å². The molecule has 2 nitrogen and oxygen atoms in total.